The predicted octanol–water partition coefficient (Wildman–Crippen LogP) is 3.51. The Balaban J connectivity index is 1.61. The summed E-state index contributed by atoms with van der Waals surface area (Å²) in [4.78, 5) is 29.8. The molecule has 2 aromatic rings. The number of carbonyl (C=O) groups excluding carboxylic acids is 2. The number of thiophene rings is 1. The van der Waals surface area contributed by atoms with Gasteiger partial charge in [-0.15, -0.1) is 11.3 Å². The molecule has 1 aromatic heterocycles. The molecule has 1 aliphatic heterocycles. The summed E-state index contributed by atoms with van der Waals surface area (Å²) in [7, 11) is 0. The first kappa shape index (κ1) is 17.4. The minimum Gasteiger partial charge on any atom is -0.341 e. The molecule has 2 heterocycles. The third-order valence-electron chi connectivity index (χ3n) is 4.33. The summed E-state index contributed by atoms with van der Waals surface area (Å²) >= 11 is 1.67. The van der Waals surface area contributed by atoms with Gasteiger partial charge >= 0.3 is 0 Å². The molecule has 0 saturated carbocycles. The second kappa shape index (κ2) is 8.12. The molecule has 0 spiro atoms. The zero-order chi connectivity index (χ0) is 17.6. The van der Waals surface area contributed by atoms with E-state index in [2.05, 4.69) is 18.2 Å². The molecule has 3 rings (SSSR count). The fourth-order valence-electron chi connectivity index (χ4n) is 2.91. The maximum absolute atomic E-state index is 12.4. The molecule has 25 heavy (non-hydrogen) atoms. The SMILES string of the molecule is CC(=O)N1CCCN(C(=O)/C=C/c2ccc(-c3ccccc3)s2)CC1. The van der Waals surface area contributed by atoms with Gasteiger partial charge in [0, 0.05) is 48.9 Å². The van der Waals surface area contributed by atoms with Crippen LogP contribution in [0.1, 0.15) is 18.2 Å². The molecule has 0 atom stereocenters. The second-order valence-electron chi connectivity index (χ2n) is 6.09. The van der Waals surface area contributed by atoms with Crippen LogP contribution in [0.2, 0.25) is 0 Å². The molecule has 0 unspecified atom stereocenters. The molecule has 0 N–H and O–H groups in total. The number of carbonyl (C=O) groups is 2. The van der Waals surface area contributed by atoms with Gasteiger partial charge in [-0.1, -0.05) is 30.3 Å². The van der Waals surface area contributed by atoms with Gasteiger partial charge in [0.15, 0.2) is 0 Å². The Kier molecular flexibility index (Phi) is 5.66. The van der Waals surface area contributed by atoms with Crippen molar-refractivity contribution < 1.29 is 9.59 Å². The van der Waals surface area contributed by atoms with Crippen LogP contribution in [0.15, 0.2) is 48.5 Å². The van der Waals surface area contributed by atoms with Crippen molar-refractivity contribution in [3.05, 3.63) is 53.4 Å². The van der Waals surface area contributed by atoms with E-state index < -0.39 is 0 Å². The molecule has 0 aliphatic carbocycles. The van der Waals surface area contributed by atoms with Gasteiger partial charge in [0.25, 0.3) is 0 Å². The molecular formula is C20H22N2O2S. The third kappa shape index (κ3) is 4.57. The summed E-state index contributed by atoms with van der Waals surface area (Å²) < 4.78 is 0. The summed E-state index contributed by atoms with van der Waals surface area (Å²) in [6.07, 6.45) is 4.35. The van der Waals surface area contributed by atoms with Gasteiger partial charge < -0.3 is 9.80 Å². The van der Waals surface area contributed by atoms with Crippen molar-refractivity contribution in [2.24, 2.45) is 0 Å². The van der Waals surface area contributed by atoms with Crippen LogP contribution in [0.4, 0.5) is 0 Å². The molecule has 0 radical (unpaired) electrons. The molecule has 130 valence electrons. The van der Waals surface area contributed by atoms with E-state index in [1.54, 1.807) is 24.3 Å². The Morgan fingerprint density at radius 1 is 0.960 bits per heavy atom. The molecule has 4 nitrogen and oxygen atoms in total. The summed E-state index contributed by atoms with van der Waals surface area (Å²) in [6, 6.07) is 14.4. The van der Waals surface area contributed by atoms with Gasteiger partial charge in [-0.3, -0.25) is 9.59 Å². The zero-order valence-corrected chi connectivity index (χ0v) is 15.2. The van der Waals surface area contributed by atoms with Crippen LogP contribution in [0, 0.1) is 0 Å². The monoisotopic (exact) mass is 354 g/mol. The molecule has 1 fully saturated rings. The molecule has 1 aliphatic rings. The Morgan fingerprint density at radius 3 is 2.44 bits per heavy atom. The first-order chi connectivity index (χ1) is 12.1. The van der Waals surface area contributed by atoms with Crippen molar-refractivity contribution in [2.75, 3.05) is 26.2 Å². The lowest BCUT2D eigenvalue weighted by Crippen LogP contribution is -2.35. The van der Waals surface area contributed by atoms with Crippen LogP contribution in [-0.2, 0) is 9.59 Å². The molecule has 1 saturated heterocycles. The van der Waals surface area contributed by atoms with Crippen LogP contribution >= 0.6 is 11.3 Å². The Morgan fingerprint density at radius 2 is 1.68 bits per heavy atom. The first-order valence-corrected chi connectivity index (χ1v) is 9.33. The predicted molar refractivity (Wildman–Crippen MR) is 102 cm³/mol. The van der Waals surface area contributed by atoms with Crippen molar-refractivity contribution in [1.29, 1.82) is 0 Å². The molecule has 0 bridgehead atoms. The quantitative estimate of drug-likeness (QED) is 0.792. The number of amides is 2. The Hall–Kier alpha value is -2.40. The second-order valence-corrected chi connectivity index (χ2v) is 7.20. The topological polar surface area (TPSA) is 40.6 Å². The molecule has 5 heteroatoms. The fourth-order valence-corrected chi connectivity index (χ4v) is 3.83. The summed E-state index contributed by atoms with van der Waals surface area (Å²) in [5.74, 6) is 0.0944. The van der Waals surface area contributed by atoms with Crippen LogP contribution in [0.25, 0.3) is 16.5 Å². The van der Waals surface area contributed by atoms with E-state index in [0.717, 1.165) is 17.8 Å². The largest absolute Gasteiger partial charge is 0.341 e. The number of hydrogen-bond acceptors (Lipinski definition) is 3. The normalized spacial score (nSPS) is 15.4. The van der Waals surface area contributed by atoms with Gasteiger partial charge in [-0.25, -0.2) is 0 Å². The number of hydrogen-bond donors (Lipinski definition) is 0. The lowest BCUT2D eigenvalue weighted by molar-refractivity contribution is -0.130. The highest BCUT2D eigenvalue weighted by Gasteiger charge is 2.18. The van der Waals surface area contributed by atoms with Crippen molar-refractivity contribution in [3.63, 3.8) is 0 Å². The Labute approximate surface area is 152 Å². The van der Waals surface area contributed by atoms with E-state index in [1.165, 1.54) is 10.4 Å². The average Bonchev–Trinajstić information content (AvgIpc) is 2.95. The summed E-state index contributed by atoms with van der Waals surface area (Å²) in [5, 5.41) is 0. The molecular weight excluding hydrogens is 332 g/mol. The maximum atomic E-state index is 12.4. The van der Waals surface area contributed by atoms with Crippen molar-refractivity contribution in [3.8, 4) is 10.4 Å². The lowest BCUT2D eigenvalue weighted by atomic mass is 10.2. The van der Waals surface area contributed by atoms with Crippen LogP contribution in [-0.4, -0.2) is 47.8 Å². The van der Waals surface area contributed by atoms with E-state index in [0.29, 0.717) is 19.6 Å². The Bertz CT molecular complexity index is 767. The van der Waals surface area contributed by atoms with Gasteiger partial charge in [-0.2, -0.15) is 0 Å². The van der Waals surface area contributed by atoms with Crippen LogP contribution in [0.5, 0.6) is 0 Å². The van der Waals surface area contributed by atoms with Crippen LogP contribution in [0.3, 0.4) is 0 Å². The van der Waals surface area contributed by atoms with E-state index in [4.69, 9.17) is 0 Å². The average molecular weight is 354 g/mol. The van der Waals surface area contributed by atoms with Crippen molar-refractivity contribution in [1.82, 2.24) is 9.80 Å². The summed E-state index contributed by atoms with van der Waals surface area (Å²) in [5.41, 5.74) is 1.19. The standard InChI is InChI=1S/C20H22N2O2S/c1-16(23)21-12-5-13-22(15-14-21)20(24)11-9-18-8-10-19(25-18)17-6-3-2-4-7-17/h2-4,6-11H,5,12-15H2,1H3/b11-9+. The number of rotatable bonds is 3. The van der Waals surface area contributed by atoms with E-state index in [1.807, 2.05) is 40.1 Å². The maximum Gasteiger partial charge on any atom is 0.246 e. The number of nitrogens with zero attached hydrogens (tertiary/aromatic N) is 2. The third-order valence-corrected chi connectivity index (χ3v) is 5.43. The van der Waals surface area contributed by atoms with E-state index >= 15 is 0 Å². The minimum atomic E-state index is 0.0139. The van der Waals surface area contributed by atoms with Gasteiger partial charge in [0.05, 0.1) is 0 Å². The smallest absolute Gasteiger partial charge is 0.246 e. The minimum absolute atomic E-state index is 0.0139. The lowest BCUT2D eigenvalue weighted by Gasteiger charge is -2.20. The van der Waals surface area contributed by atoms with E-state index in [9.17, 15) is 9.59 Å². The van der Waals surface area contributed by atoms with Crippen molar-refractivity contribution in [2.45, 2.75) is 13.3 Å². The van der Waals surface area contributed by atoms with E-state index in [-0.39, 0.29) is 11.8 Å². The zero-order valence-electron chi connectivity index (χ0n) is 14.4. The van der Waals surface area contributed by atoms with Gasteiger partial charge in [0.1, 0.15) is 0 Å². The highest BCUT2D eigenvalue weighted by Crippen LogP contribution is 2.28. The first-order valence-electron chi connectivity index (χ1n) is 8.51. The van der Waals surface area contributed by atoms with Gasteiger partial charge in [0.2, 0.25) is 11.8 Å². The molecule has 1 aromatic carbocycles. The number of benzene rings is 1. The fraction of sp³-hybridized carbons (Fsp3) is 0.300. The van der Waals surface area contributed by atoms with Gasteiger partial charge in [-0.05, 0) is 30.2 Å². The van der Waals surface area contributed by atoms with Crippen LogP contribution < -0.4 is 0 Å². The highest BCUT2D eigenvalue weighted by atomic mass is 32.1. The summed E-state index contributed by atoms with van der Waals surface area (Å²) in [6.45, 7) is 4.23. The molecule has 2 amide bonds. The highest BCUT2D eigenvalue weighted by molar-refractivity contribution is 7.16. The van der Waals surface area contributed by atoms with Crippen molar-refractivity contribution >= 4 is 29.2 Å².